The van der Waals surface area contributed by atoms with Crippen molar-refractivity contribution in [3.63, 3.8) is 0 Å². The fourth-order valence-corrected chi connectivity index (χ4v) is 9.75. The van der Waals surface area contributed by atoms with Gasteiger partial charge in [0, 0.05) is 30.7 Å². The zero-order valence-corrected chi connectivity index (χ0v) is 25.5. The number of benzene rings is 2. The number of rotatable bonds is 7. The van der Waals surface area contributed by atoms with Crippen LogP contribution in [0.4, 0.5) is 42.1 Å². The molecule has 44 heavy (non-hydrogen) atoms. The molecule has 5 rings (SSSR count). The molecular weight excluding hydrogens is 630 g/mol. The Kier molecular flexibility index (Phi) is 9.45. The highest BCUT2D eigenvalue weighted by Crippen LogP contribution is 2.52. The molecule has 2 saturated heterocycles. The lowest BCUT2D eigenvalue weighted by Gasteiger charge is -2.33. The predicted molar refractivity (Wildman–Crippen MR) is 161 cm³/mol. The van der Waals surface area contributed by atoms with Crippen molar-refractivity contribution >= 4 is 45.2 Å². The molecule has 2 fully saturated rings. The molecule has 0 aliphatic carbocycles. The molecule has 3 heterocycles. The average molecular weight is 662 g/mol. The molecule has 0 bridgehead atoms. The highest BCUT2D eigenvalue weighted by atomic mass is 32.1. The maximum atomic E-state index is 14.7. The zero-order chi connectivity index (χ0) is 31.7. The molecule has 14 heteroatoms. The minimum absolute atomic E-state index is 0.0134. The van der Waals surface area contributed by atoms with Gasteiger partial charge in [-0.3, -0.25) is 0 Å². The van der Waals surface area contributed by atoms with Crippen LogP contribution in [-0.4, -0.2) is 68.7 Å². The van der Waals surface area contributed by atoms with Crippen LogP contribution in [0.3, 0.4) is 0 Å². The molecule has 1 aromatic heterocycles. The van der Waals surface area contributed by atoms with Crippen molar-refractivity contribution in [3.05, 3.63) is 46.8 Å². The van der Waals surface area contributed by atoms with E-state index in [0.717, 1.165) is 30.2 Å². The first-order valence-electron chi connectivity index (χ1n) is 14.1. The maximum Gasteiger partial charge on any atom is 0.573 e. The van der Waals surface area contributed by atoms with Crippen molar-refractivity contribution in [2.75, 3.05) is 49.6 Å². The van der Waals surface area contributed by atoms with Crippen LogP contribution in [0.5, 0.6) is 5.75 Å². The number of nitrogens with zero attached hydrogens (tertiary/aromatic N) is 1. The Hall–Kier alpha value is -2.94. The summed E-state index contributed by atoms with van der Waals surface area (Å²) in [7, 11) is -0.964. The third-order valence-electron chi connectivity index (χ3n) is 7.80. The van der Waals surface area contributed by atoms with E-state index in [0.29, 0.717) is 46.4 Å². The SMILES string of the molecule is CN1CC[C@H](Nc2cccc3c(CC(F)(F)F)c(C#CCNc4ccc(P5(=O)CCCC5)cc4OC(F)(F)F)sc23)[C@@H](F)C1. The molecule has 238 valence electrons. The number of halogens is 7. The van der Waals surface area contributed by atoms with Crippen molar-refractivity contribution in [3.8, 4) is 17.6 Å². The molecule has 0 spiro atoms. The number of piperidine rings is 1. The second-order valence-corrected chi connectivity index (χ2v) is 15.3. The Morgan fingerprint density at radius 3 is 2.52 bits per heavy atom. The molecule has 5 nitrogen and oxygen atoms in total. The smallest absolute Gasteiger partial charge is 0.404 e. The summed E-state index contributed by atoms with van der Waals surface area (Å²) in [6, 6.07) is 8.40. The van der Waals surface area contributed by atoms with Crippen LogP contribution < -0.4 is 20.7 Å². The molecule has 0 saturated carbocycles. The molecule has 2 aliphatic heterocycles. The maximum absolute atomic E-state index is 14.7. The van der Waals surface area contributed by atoms with Crippen LogP contribution in [0, 0.1) is 11.8 Å². The van der Waals surface area contributed by atoms with Gasteiger partial charge in [0.25, 0.3) is 0 Å². The van der Waals surface area contributed by atoms with Crippen molar-refractivity contribution < 1.29 is 40.0 Å². The summed E-state index contributed by atoms with van der Waals surface area (Å²) >= 11 is 1.05. The lowest BCUT2D eigenvalue weighted by atomic mass is 10.0. The van der Waals surface area contributed by atoms with E-state index in [-0.39, 0.29) is 29.2 Å². The first-order valence-corrected chi connectivity index (χ1v) is 17.0. The summed E-state index contributed by atoms with van der Waals surface area (Å²) in [5.41, 5.74) is 0.471. The number of likely N-dealkylation sites (tertiary alicyclic amines) is 1. The van der Waals surface area contributed by atoms with Crippen molar-refractivity contribution in [2.45, 2.75) is 50.4 Å². The van der Waals surface area contributed by atoms with Crippen LogP contribution in [0.1, 0.15) is 29.7 Å². The third-order valence-corrected chi connectivity index (χ3v) is 12.3. The van der Waals surface area contributed by atoms with Crippen LogP contribution >= 0.6 is 18.5 Å². The number of hydrogen-bond donors (Lipinski definition) is 2. The minimum atomic E-state index is -4.99. The van der Waals surface area contributed by atoms with Gasteiger partial charge in [-0.2, -0.15) is 13.2 Å². The summed E-state index contributed by atoms with van der Waals surface area (Å²) in [6.07, 6.45) is -9.02. The van der Waals surface area contributed by atoms with E-state index < -0.39 is 44.1 Å². The van der Waals surface area contributed by atoms with Crippen LogP contribution in [0.15, 0.2) is 36.4 Å². The fraction of sp³-hybridized carbons (Fsp3) is 0.467. The standard InChI is InChI=1S/C30H31F7N3O2PS/c1-40-13-11-23(22(31)18-40)39-25-7-4-6-20-21(17-29(32,33)34)27(44-28(20)25)8-5-12-38-24-10-9-19(43(41)14-2-3-15-43)16-26(24)42-30(35,36)37/h4,6-7,9-10,16,22-23,38-39H,2-3,11-15,17-18H2,1H3/t22-,23-/m0/s1. The molecule has 0 amide bonds. The van der Waals surface area contributed by atoms with E-state index in [2.05, 4.69) is 27.2 Å². The van der Waals surface area contributed by atoms with E-state index >= 15 is 0 Å². The lowest BCUT2D eigenvalue weighted by molar-refractivity contribution is -0.274. The molecule has 2 atom stereocenters. The van der Waals surface area contributed by atoms with Crippen molar-refractivity contribution in [1.82, 2.24) is 4.90 Å². The first kappa shape index (κ1) is 32.5. The third kappa shape index (κ3) is 7.82. The lowest BCUT2D eigenvalue weighted by Crippen LogP contribution is -2.46. The Morgan fingerprint density at radius 2 is 1.84 bits per heavy atom. The Labute approximate surface area is 254 Å². The van der Waals surface area contributed by atoms with E-state index in [9.17, 15) is 35.3 Å². The first-order chi connectivity index (χ1) is 20.7. The normalized spacial score (nSPS) is 20.7. The summed E-state index contributed by atoms with van der Waals surface area (Å²) in [4.78, 5) is 2.04. The van der Waals surface area contributed by atoms with Crippen molar-refractivity contribution in [2.24, 2.45) is 0 Å². The van der Waals surface area contributed by atoms with Gasteiger partial charge >= 0.3 is 12.5 Å². The Balaban J connectivity index is 1.40. The zero-order valence-electron chi connectivity index (χ0n) is 23.7. The van der Waals surface area contributed by atoms with Crippen LogP contribution in [-0.2, 0) is 11.0 Å². The molecular formula is C30H31F7N3O2PS. The van der Waals surface area contributed by atoms with Gasteiger partial charge < -0.3 is 24.8 Å². The van der Waals surface area contributed by atoms with Gasteiger partial charge in [0.2, 0.25) is 0 Å². The second kappa shape index (κ2) is 12.8. The summed E-state index contributed by atoms with van der Waals surface area (Å²) in [6.45, 7) is 0.730. The topological polar surface area (TPSA) is 53.6 Å². The van der Waals surface area contributed by atoms with E-state index in [1.807, 2.05) is 11.9 Å². The monoisotopic (exact) mass is 661 g/mol. The molecule has 2 aromatic carbocycles. The number of fused-ring (bicyclic) bond motifs is 1. The van der Waals surface area contributed by atoms with Gasteiger partial charge in [-0.1, -0.05) is 24.0 Å². The summed E-state index contributed by atoms with van der Waals surface area (Å²) < 4.78 is 113. The highest BCUT2D eigenvalue weighted by Gasteiger charge is 2.35. The minimum Gasteiger partial charge on any atom is -0.404 e. The van der Waals surface area contributed by atoms with Gasteiger partial charge in [0.15, 0.2) is 5.75 Å². The van der Waals surface area contributed by atoms with Gasteiger partial charge in [0.05, 0.1) is 40.0 Å². The molecule has 0 radical (unpaired) electrons. The number of ether oxygens (including phenoxy) is 1. The van der Waals surface area contributed by atoms with Gasteiger partial charge in [-0.25, -0.2) is 4.39 Å². The van der Waals surface area contributed by atoms with E-state index in [1.165, 1.54) is 12.1 Å². The fourth-order valence-electron chi connectivity index (χ4n) is 5.67. The van der Waals surface area contributed by atoms with E-state index in [1.54, 1.807) is 18.2 Å². The largest absolute Gasteiger partial charge is 0.573 e. The number of anilines is 2. The number of nitrogens with one attached hydrogen (secondary N) is 2. The second-order valence-electron chi connectivity index (χ2n) is 11.1. The Morgan fingerprint density at radius 1 is 1.09 bits per heavy atom. The van der Waals surface area contributed by atoms with Crippen molar-refractivity contribution in [1.29, 1.82) is 0 Å². The number of alkyl halides is 7. The van der Waals surface area contributed by atoms with Gasteiger partial charge in [0.1, 0.15) is 13.3 Å². The van der Waals surface area contributed by atoms with Crippen LogP contribution in [0.25, 0.3) is 10.1 Å². The van der Waals surface area contributed by atoms with E-state index in [4.69, 9.17) is 0 Å². The summed E-state index contributed by atoms with van der Waals surface area (Å²) in [5.74, 6) is 4.94. The Bertz CT molecular complexity index is 1600. The quantitative estimate of drug-likeness (QED) is 0.155. The van der Waals surface area contributed by atoms with Crippen LogP contribution in [0.2, 0.25) is 0 Å². The van der Waals surface area contributed by atoms with Gasteiger partial charge in [-0.05, 0) is 61.5 Å². The molecule has 0 unspecified atom stereocenters. The average Bonchev–Trinajstić information content (AvgIpc) is 3.52. The highest BCUT2D eigenvalue weighted by molar-refractivity contribution is 7.71. The van der Waals surface area contributed by atoms with Gasteiger partial charge in [-0.15, -0.1) is 24.5 Å². The molecule has 3 aromatic rings. The predicted octanol–water partition coefficient (Wildman–Crippen LogP) is 7.60. The number of thiophene rings is 1. The number of hydrogen-bond acceptors (Lipinski definition) is 6. The molecule has 2 aliphatic rings. The summed E-state index contributed by atoms with van der Waals surface area (Å²) in [5, 5.41) is 6.60. The molecule has 2 N–H and O–H groups in total.